The Morgan fingerprint density at radius 1 is 0.953 bits per heavy atom. The molecular formula is C58H81Br2ClN8O16. The number of methoxy groups -OCH3 is 3. The van der Waals surface area contributed by atoms with Gasteiger partial charge in [-0.2, -0.15) is 0 Å². The van der Waals surface area contributed by atoms with Gasteiger partial charge in [0, 0.05) is 61.9 Å². The molecule has 3 aliphatic heterocycles. The van der Waals surface area contributed by atoms with Gasteiger partial charge in [0.25, 0.3) is 0 Å². The number of carbonyl (C=O) groups excluding carboxylic acids is 8. The highest BCUT2D eigenvalue weighted by atomic mass is 79.9. The lowest BCUT2D eigenvalue weighted by Gasteiger charge is -2.42. The van der Waals surface area contributed by atoms with Crippen LogP contribution in [0.2, 0.25) is 5.02 Å². The average molecular weight is 1340 g/mol. The minimum absolute atomic E-state index is 0.0307. The Kier molecular flexibility index (Phi) is 26.2. The van der Waals surface area contributed by atoms with E-state index < -0.39 is 102 Å². The normalized spacial score (nSPS) is 24.4. The fraction of sp³-hybridized carbons (Fsp3) is 0.586. The SMILES string of the molecule is COc1cc(NC(=O)O[C@H]2CC(=O)N(C)c3cc(cc(OC)c3Cl)C/C(C)=C/C=C/[C@@H](OC)[C@@]3(O)C[C@H](OC(=O)N3)[C@@H](C)[C@@H]3O[C@@]23C)ccc1NC(=O)[C@H](CCCNC(N)=O)NC(=O)[C@@H](NC(=O)CCCCC(C)OC(=O)C(CBr)CBr)C(C)C. The highest BCUT2D eigenvalue weighted by Gasteiger charge is 2.64. The predicted molar refractivity (Wildman–Crippen MR) is 325 cm³/mol. The van der Waals surface area contributed by atoms with Crippen LogP contribution < -0.4 is 52.0 Å². The van der Waals surface area contributed by atoms with E-state index in [1.54, 1.807) is 58.9 Å². The number of alkyl carbamates (subject to hydrolysis) is 1. The van der Waals surface area contributed by atoms with Gasteiger partial charge in [-0.1, -0.05) is 88.0 Å². The number of allylic oxidation sites excluding steroid dienone is 3. The maximum Gasteiger partial charge on any atom is 0.412 e. The summed E-state index contributed by atoms with van der Waals surface area (Å²) in [7, 11) is 5.72. The van der Waals surface area contributed by atoms with Gasteiger partial charge in [0.2, 0.25) is 23.6 Å². The van der Waals surface area contributed by atoms with Crippen molar-refractivity contribution in [3.8, 4) is 11.5 Å². The molecular weight excluding hydrogens is 1260 g/mol. The number of anilines is 3. The average Bonchev–Trinajstić information content (AvgIpc) is 1.71. The van der Waals surface area contributed by atoms with Crippen molar-refractivity contribution in [1.29, 1.82) is 0 Å². The molecule has 27 heteroatoms. The van der Waals surface area contributed by atoms with Gasteiger partial charge >= 0.3 is 24.2 Å². The molecule has 2 saturated heterocycles. The zero-order valence-electron chi connectivity index (χ0n) is 49.6. The zero-order valence-corrected chi connectivity index (χ0v) is 53.5. The maximum absolute atomic E-state index is 14.5. The van der Waals surface area contributed by atoms with Crippen LogP contribution in [0.4, 0.5) is 31.4 Å². The van der Waals surface area contributed by atoms with Gasteiger partial charge in [0.05, 0.1) is 50.1 Å². The molecule has 3 heterocycles. The lowest BCUT2D eigenvalue weighted by Crippen LogP contribution is -2.63. The first kappa shape index (κ1) is 69.6. The lowest BCUT2D eigenvalue weighted by molar-refractivity contribution is -0.152. The predicted octanol–water partition coefficient (Wildman–Crippen LogP) is 7.29. The minimum atomic E-state index is -1.91. The summed E-state index contributed by atoms with van der Waals surface area (Å²) in [5.74, 6) is -3.49. The number of rotatable bonds is 24. The van der Waals surface area contributed by atoms with Crippen molar-refractivity contribution in [2.24, 2.45) is 23.5 Å². The van der Waals surface area contributed by atoms with Crippen molar-refractivity contribution in [2.45, 2.75) is 153 Å². The number of nitrogens with one attached hydrogen (secondary N) is 6. The number of hydrogen-bond acceptors (Lipinski definition) is 16. The lowest BCUT2D eigenvalue weighted by atomic mass is 9.83. The molecule has 10 atom stereocenters. The van der Waals surface area contributed by atoms with Crippen LogP contribution in [0.3, 0.4) is 0 Å². The molecule has 0 radical (unpaired) electrons. The molecule has 1 unspecified atom stereocenters. The summed E-state index contributed by atoms with van der Waals surface area (Å²) in [5, 5.41) is 29.0. The number of halogens is 3. The van der Waals surface area contributed by atoms with Gasteiger partial charge in [-0.15, -0.1) is 0 Å². The van der Waals surface area contributed by atoms with E-state index >= 15 is 0 Å². The number of alkyl halides is 2. The molecule has 24 nitrogen and oxygen atoms in total. The van der Waals surface area contributed by atoms with Gasteiger partial charge in [0.1, 0.15) is 52.5 Å². The summed E-state index contributed by atoms with van der Waals surface area (Å²) in [6.07, 6.45) is 0.667. The zero-order chi connectivity index (χ0) is 62.9. The fourth-order valence-corrected chi connectivity index (χ4v) is 12.0. The standard InChI is InChI=1S/C58H81Br2ClN8O16/c1-31(2)49(67-46(70)19-12-11-16-33(4)82-53(74)36(29-59)30-60)52(73)66-39(17-14-22-63-54(62)75)51(72)65-38-21-20-37(26-41(38)79-8)64-55(76)84-45-27-47(71)69(7)40-24-35(25-42(80-9)48(40)61)23-32(3)15-13-18-44(81-10)58(78)28-43(83-56(77)68-58)34(5)50-57(45,6)85-50/h13,15,18,20-21,24-26,31,33-34,36,39,43-45,49-50,78H,11-12,14,16-17,19,22-23,27-30H2,1-10H3,(H,64,76)(H,65,72)(H,66,73)(H,67,70)(H,68,77)(H3,62,63,75)/b18-13+,32-15+/t33?,34-,39+,43+,44-,45+,49+,50+,57+,58+/m1/s1. The molecule has 2 aromatic carbocycles. The number of esters is 1. The molecule has 0 aromatic heterocycles. The van der Waals surface area contributed by atoms with E-state index in [1.165, 1.54) is 51.5 Å². The number of nitrogens with two attached hydrogens (primary N) is 1. The van der Waals surface area contributed by atoms with E-state index in [2.05, 4.69) is 63.8 Å². The van der Waals surface area contributed by atoms with E-state index in [1.807, 2.05) is 13.0 Å². The van der Waals surface area contributed by atoms with Gasteiger partial charge in [-0.3, -0.25) is 34.6 Å². The minimum Gasteiger partial charge on any atom is -0.495 e. The molecule has 4 bridgehead atoms. The first-order chi connectivity index (χ1) is 40.2. The van der Waals surface area contributed by atoms with Crippen LogP contribution in [-0.2, 0) is 54.1 Å². The smallest absolute Gasteiger partial charge is 0.412 e. The summed E-state index contributed by atoms with van der Waals surface area (Å²) in [6, 6.07) is 4.81. The summed E-state index contributed by atoms with van der Waals surface area (Å²) in [6.45, 7) is 10.7. The third-order valence-corrected chi connectivity index (χ3v) is 17.0. The summed E-state index contributed by atoms with van der Waals surface area (Å²) < 4.78 is 40.6. The number of carbonyl (C=O) groups is 8. The van der Waals surface area contributed by atoms with Crippen molar-refractivity contribution in [2.75, 3.05) is 61.1 Å². The Morgan fingerprint density at radius 2 is 1.66 bits per heavy atom. The van der Waals surface area contributed by atoms with Crippen molar-refractivity contribution in [3.05, 3.63) is 64.7 Å². The Balaban J connectivity index is 1.33. The van der Waals surface area contributed by atoms with Crippen LogP contribution in [0.1, 0.15) is 98.5 Å². The second-order valence-corrected chi connectivity index (χ2v) is 23.7. The molecule has 470 valence electrons. The van der Waals surface area contributed by atoms with E-state index in [-0.39, 0.29) is 78.3 Å². The number of urea groups is 1. The van der Waals surface area contributed by atoms with E-state index in [4.69, 9.17) is 50.5 Å². The molecule has 3 aliphatic rings. The molecule has 0 aliphatic carbocycles. The Bertz CT molecular complexity index is 2790. The summed E-state index contributed by atoms with van der Waals surface area (Å²) in [4.78, 5) is 108. The molecule has 5 rings (SSSR count). The van der Waals surface area contributed by atoms with Gasteiger partial charge in [-0.25, -0.2) is 14.4 Å². The van der Waals surface area contributed by atoms with Gasteiger partial charge in [-0.05, 0) is 95.0 Å². The van der Waals surface area contributed by atoms with E-state index in [0.717, 1.165) is 11.1 Å². The number of fused-ring (bicyclic) bond motifs is 5. The van der Waals surface area contributed by atoms with E-state index in [9.17, 15) is 43.5 Å². The highest BCUT2D eigenvalue weighted by molar-refractivity contribution is 9.09. The van der Waals surface area contributed by atoms with Crippen LogP contribution in [0.25, 0.3) is 0 Å². The van der Waals surface area contributed by atoms with Crippen molar-refractivity contribution in [1.82, 2.24) is 21.3 Å². The van der Waals surface area contributed by atoms with Crippen molar-refractivity contribution >= 4 is 108 Å². The van der Waals surface area contributed by atoms with Crippen molar-refractivity contribution in [3.63, 3.8) is 0 Å². The first-order valence-electron chi connectivity index (χ1n) is 28.0. The van der Waals surface area contributed by atoms with Crippen LogP contribution in [0, 0.1) is 17.8 Å². The van der Waals surface area contributed by atoms with Crippen LogP contribution >= 0.6 is 43.5 Å². The topological polar surface area (TPSA) is 326 Å². The van der Waals surface area contributed by atoms with Crippen LogP contribution in [0.15, 0.2) is 54.1 Å². The highest BCUT2D eigenvalue weighted by Crippen LogP contribution is 2.49. The third-order valence-electron chi connectivity index (χ3n) is 15.1. The molecule has 0 saturated carbocycles. The fourth-order valence-electron chi connectivity index (χ4n) is 10.0. The van der Waals surface area contributed by atoms with Crippen molar-refractivity contribution < 1.29 is 76.6 Å². The summed E-state index contributed by atoms with van der Waals surface area (Å²) >= 11 is 13.5. The number of hydrogen-bond donors (Lipinski definition) is 8. The number of ether oxygens (including phenoxy) is 7. The number of aliphatic hydroxyl groups is 1. The number of nitrogens with zero attached hydrogens (tertiary/aromatic N) is 1. The number of unbranched alkanes of at least 4 members (excludes halogenated alkanes) is 1. The summed E-state index contributed by atoms with van der Waals surface area (Å²) in [5.41, 5.74) is 4.23. The van der Waals surface area contributed by atoms with Crippen LogP contribution in [-0.4, -0.2) is 152 Å². The molecule has 2 aromatic rings. The van der Waals surface area contributed by atoms with Crippen LogP contribution in [0.5, 0.6) is 11.5 Å². The molecule has 8 amide bonds. The second-order valence-electron chi connectivity index (χ2n) is 22.0. The number of amides is 8. The first-order valence-corrected chi connectivity index (χ1v) is 30.6. The number of benzene rings is 2. The maximum atomic E-state index is 14.5. The van der Waals surface area contributed by atoms with Gasteiger partial charge in [0.15, 0.2) is 5.72 Å². The molecule has 9 N–H and O–H groups in total. The quantitative estimate of drug-likeness (QED) is 0.0168. The van der Waals surface area contributed by atoms with E-state index in [0.29, 0.717) is 47.8 Å². The molecule has 85 heavy (non-hydrogen) atoms. The number of epoxide rings is 1. The Labute approximate surface area is 517 Å². The second kappa shape index (κ2) is 32.0. The Morgan fingerprint density at radius 3 is 2.31 bits per heavy atom. The van der Waals surface area contributed by atoms with Gasteiger partial charge < -0.3 is 70.2 Å². The monoisotopic (exact) mass is 1340 g/mol. The third kappa shape index (κ3) is 19.4. The largest absolute Gasteiger partial charge is 0.495 e. The molecule has 2 fully saturated rings. The molecule has 0 spiro atoms. The Hall–Kier alpha value is -6.19. The number of primary amides is 1.